The molecule has 0 saturated carbocycles. The van der Waals surface area contributed by atoms with Crippen molar-refractivity contribution in [3.8, 4) is 6.19 Å². The van der Waals surface area contributed by atoms with Crippen LogP contribution in [0.15, 0.2) is 53.5 Å². The first-order chi connectivity index (χ1) is 22.7. The normalized spacial score (nSPS) is 23.4. The van der Waals surface area contributed by atoms with Gasteiger partial charge < -0.3 is 9.80 Å². The molecule has 3 saturated heterocycles. The minimum Gasteiger partial charge on any atom is -0.341 e. The Morgan fingerprint density at radius 2 is 1.48 bits per heavy atom. The summed E-state index contributed by atoms with van der Waals surface area (Å²) in [5.41, 5.74) is -2.67. The van der Waals surface area contributed by atoms with Gasteiger partial charge in [-0.05, 0) is 63.3 Å². The Kier molecular flexibility index (Phi) is 10.9. The predicted molar refractivity (Wildman–Crippen MR) is 169 cm³/mol. The van der Waals surface area contributed by atoms with E-state index in [2.05, 4.69) is 25.0 Å². The minimum atomic E-state index is -5.04. The maximum absolute atomic E-state index is 13.7. The molecular weight excluding hydrogens is 636 g/mol. The quantitative estimate of drug-likeness (QED) is 0.144. The molecule has 2 aromatic rings. The summed E-state index contributed by atoms with van der Waals surface area (Å²) in [6.45, 7) is 9.01. The maximum Gasteiger partial charge on any atom is 0.416 e. The summed E-state index contributed by atoms with van der Waals surface area (Å²) < 4.78 is 81.6. The van der Waals surface area contributed by atoms with Crippen LogP contribution in [0.2, 0.25) is 0 Å². The van der Waals surface area contributed by atoms with Gasteiger partial charge in [0.05, 0.1) is 11.1 Å². The molecule has 3 unspecified atom stereocenters. The van der Waals surface area contributed by atoms with E-state index < -0.39 is 41.0 Å². The van der Waals surface area contributed by atoms with Gasteiger partial charge >= 0.3 is 12.4 Å². The second-order valence-corrected chi connectivity index (χ2v) is 13.1. The van der Waals surface area contributed by atoms with Gasteiger partial charge in [0, 0.05) is 75.5 Å². The summed E-state index contributed by atoms with van der Waals surface area (Å²) >= 11 is 0. The third kappa shape index (κ3) is 8.60. The van der Waals surface area contributed by atoms with Crippen molar-refractivity contribution in [2.24, 2.45) is 4.99 Å². The van der Waals surface area contributed by atoms with Crippen molar-refractivity contribution in [3.05, 3.63) is 70.8 Å². The highest BCUT2D eigenvalue weighted by Gasteiger charge is 2.41. The molecule has 48 heavy (non-hydrogen) atoms. The van der Waals surface area contributed by atoms with E-state index in [0.717, 1.165) is 51.3 Å². The number of benzene rings is 2. The van der Waals surface area contributed by atoms with Gasteiger partial charge in [0.15, 0.2) is 6.19 Å². The first-order valence-corrected chi connectivity index (χ1v) is 16.3. The molecule has 0 aliphatic carbocycles. The molecule has 14 heteroatoms. The number of amides is 1. The van der Waals surface area contributed by atoms with Gasteiger partial charge in [0.25, 0.3) is 5.91 Å². The zero-order valence-electron chi connectivity index (χ0n) is 27.1. The number of likely N-dealkylation sites (tertiary alicyclic amines) is 2. The Bertz CT molecular complexity index is 1450. The summed E-state index contributed by atoms with van der Waals surface area (Å²) in [6.07, 6.45) is -5.59. The van der Waals surface area contributed by atoms with Crippen LogP contribution in [0.1, 0.15) is 60.2 Å². The zero-order chi connectivity index (χ0) is 34.6. The smallest absolute Gasteiger partial charge is 0.341 e. The zero-order valence-corrected chi connectivity index (χ0v) is 27.1. The maximum atomic E-state index is 13.7. The van der Waals surface area contributed by atoms with Crippen LogP contribution < -0.4 is 5.32 Å². The van der Waals surface area contributed by atoms with Crippen LogP contribution >= 0.6 is 0 Å². The average molecular weight is 678 g/mol. The summed E-state index contributed by atoms with van der Waals surface area (Å²) in [6, 6.07) is 10.6. The fraction of sp³-hybridized carbons (Fsp3) is 0.559. The van der Waals surface area contributed by atoms with E-state index >= 15 is 0 Å². The van der Waals surface area contributed by atoms with Crippen LogP contribution in [0.25, 0.3) is 0 Å². The van der Waals surface area contributed by atoms with E-state index in [1.54, 1.807) is 0 Å². The molecule has 5 rings (SSSR count). The van der Waals surface area contributed by atoms with Crippen molar-refractivity contribution < 1.29 is 31.1 Å². The summed E-state index contributed by atoms with van der Waals surface area (Å²) in [5.74, 6) is -0.230. The number of halogens is 6. The molecule has 3 heterocycles. The number of nitrogens with zero attached hydrogens (tertiary/aromatic N) is 6. The molecule has 3 aliphatic rings. The molecule has 1 amide bonds. The number of piperazine rings is 1. The highest BCUT2D eigenvalue weighted by Crippen LogP contribution is 2.37. The second-order valence-electron chi connectivity index (χ2n) is 13.1. The summed E-state index contributed by atoms with van der Waals surface area (Å²) in [7, 11) is 0. The number of carbonyl (C=O) groups is 1. The fourth-order valence-corrected chi connectivity index (χ4v) is 7.14. The topological polar surface area (TPSA) is 78.2 Å². The molecule has 0 bridgehead atoms. The summed E-state index contributed by atoms with van der Waals surface area (Å²) in [5, 5.41) is 11.9. The lowest BCUT2D eigenvalue weighted by Gasteiger charge is -2.47. The van der Waals surface area contributed by atoms with Crippen molar-refractivity contribution >= 4 is 11.9 Å². The Labute approximate surface area is 277 Å². The standard InChI is InChI=1S/C34H41F6N7O/c1-23(2)43-32(42-22-41)46-10-8-29(21-46)45-14-12-44(13-15-45)28-9-11-47(30(20-28)16-24-6-4-3-5-7-24)31(48)25-17-26(33(35,36)37)19-27(18-25)34(38,39)40/h3-7,17-19,23,28-30H,8-16,20-21H2,1-2H3,(H,42,43). The van der Waals surface area contributed by atoms with Crippen molar-refractivity contribution in [2.45, 2.75) is 76.1 Å². The average Bonchev–Trinajstić information content (AvgIpc) is 3.54. The molecule has 3 fully saturated rings. The number of aliphatic imine (C=N–C) groups is 1. The number of carbonyl (C=O) groups excluding carboxylic acids is 1. The van der Waals surface area contributed by atoms with Gasteiger partial charge in [-0.1, -0.05) is 30.3 Å². The number of nitrogens with one attached hydrogen (secondary N) is 1. The van der Waals surface area contributed by atoms with Gasteiger partial charge in [-0.2, -0.15) is 31.6 Å². The molecule has 3 aliphatic heterocycles. The first kappa shape index (κ1) is 35.5. The molecule has 1 N–H and O–H groups in total. The Hall–Kier alpha value is -3.83. The third-order valence-electron chi connectivity index (χ3n) is 9.49. The number of piperidine rings is 1. The van der Waals surface area contributed by atoms with Crippen LogP contribution in [-0.4, -0.2) is 101 Å². The molecule has 0 aromatic heterocycles. The van der Waals surface area contributed by atoms with Gasteiger partial charge in [0.1, 0.15) is 0 Å². The Morgan fingerprint density at radius 3 is 2.04 bits per heavy atom. The second kappa shape index (κ2) is 14.7. The number of nitriles is 1. The van der Waals surface area contributed by atoms with Gasteiger partial charge in [-0.3, -0.25) is 19.9 Å². The van der Waals surface area contributed by atoms with E-state index in [1.807, 2.05) is 50.4 Å². The third-order valence-corrected chi connectivity index (χ3v) is 9.49. The first-order valence-electron chi connectivity index (χ1n) is 16.3. The number of rotatable bonds is 6. The number of hydrogen-bond acceptors (Lipinski definition) is 5. The van der Waals surface area contributed by atoms with Crippen molar-refractivity contribution in [2.75, 3.05) is 45.8 Å². The molecule has 8 nitrogen and oxygen atoms in total. The molecule has 3 atom stereocenters. The lowest BCUT2D eigenvalue weighted by molar-refractivity contribution is -0.143. The van der Waals surface area contributed by atoms with Crippen molar-refractivity contribution in [3.63, 3.8) is 0 Å². The Morgan fingerprint density at radius 1 is 0.896 bits per heavy atom. The van der Waals surface area contributed by atoms with Crippen LogP contribution in [0.4, 0.5) is 26.3 Å². The van der Waals surface area contributed by atoms with Gasteiger partial charge in [-0.15, -0.1) is 0 Å². The highest BCUT2D eigenvalue weighted by atomic mass is 19.4. The fourth-order valence-electron chi connectivity index (χ4n) is 7.14. The van der Waals surface area contributed by atoms with E-state index in [-0.39, 0.29) is 24.7 Å². The number of guanidine groups is 1. The Balaban J connectivity index is 1.28. The molecule has 0 radical (unpaired) electrons. The molecule has 2 aromatic carbocycles. The van der Waals surface area contributed by atoms with E-state index in [0.29, 0.717) is 43.4 Å². The lowest BCUT2D eigenvalue weighted by atomic mass is 9.90. The number of alkyl halides is 6. The SMILES string of the molecule is CC(C)N=C(NC#N)N1CCC(N2CCN(C3CCN(C(=O)c4cc(C(F)(F)F)cc(C(F)(F)F)c4)C(Cc4ccccc4)C3)CC2)C1. The van der Waals surface area contributed by atoms with E-state index in [4.69, 9.17) is 0 Å². The highest BCUT2D eigenvalue weighted by molar-refractivity contribution is 5.95. The van der Waals surface area contributed by atoms with Crippen LogP contribution in [0.3, 0.4) is 0 Å². The van der Waals surface area contributed by atoms with Crippen LogP contribution in [0, 0.1) is 11.5 Å². The van der Waals surface area contributed by atoms with Crippen LogP contribution in [-0.2, 0) is 18.8 Å². The van der Waals surface area contributed by atoms with Crippen LogP contribution in [0.5, 0.6) is 0 Å². The summed E-state index contributed by atoms with van der Waals surface area (Å²) in [4.78, 5) is 26.7. The van der Waals surface area contributed by atoms with Crippen molar-refractivity contribution in [1.82, 2.24) is 24.9 Å². The van der Waals surface area contributed by atoms with Crippen molar-refractivity contribution in [1.29, 1.82) is 5.26 Å². The van der Waals surface area contributed by atoms with Gasteiger partial charge in [-0.25, -0.2) is 4.99 Å². The van der Waals surface area contributed by atoms with Gasteiger partial charge in [0.2, 0.25) is 5.96 Å². The van der Waals surface area contributed by atoms with E-state index in [1.165, 1.54) is 4.90 Å². The largest absolute Gasteiger partial charge is 0.416 e. The monoisotopic (exact) mass is 677 g/mol. The number of hydrogen-bond donors (Lipinski definition) is 1. The predicted octanol–water partition coefficient (Wildman–Crippen LogP) is 5.47. The lowest BCUT2D eigenvalue weighted by Crippen LogP contribution is -2.58. The molecule has 260 valence electrons. The molecular formula is C34H41F6N7O. The van der Waals surface area contributed by atoms with E-state index in [9.17, 15) is 36.4 Å². The minimum absolute atomic E-state index is 0.0502. The molecule has 0 spiro atoms.